The van der Waals surface area contributed by atoms with Gasteiger partial charge in [-0.3, -0.25) is 0 Å². The highest BCUT2D eigenvalue weighted by atomic mass is 15.1. The number of fused-ring (bicyclic) bond motifs is 6. The van der Waals surface area contributed by atoms with Crippen LogP contribution in [0.3, 0.4) is 0 Å². The summed E-state index contributed by atoms with van der Waals surface area (Å²) in [6, 6.07) is 91.5. The third kappa shape index (κ3) is 6.71. The molecular formula is C65H47N. The normalized spacial score (nSPS) is 12.5. The van der Waals surface area contributed by atoms with Crippen molar-refractivity contribution in [3.05, 3.63) is 260 Å². The lowest BCUT2D eigenvalue weighted by molar-refractivity contribution is 0.660. The number of hydrogen-bond acceptors (Lipinski definition) is 1. The highest BCUT2D eigenvalue weighted by Gasteiger charge is 2.35. The smallest absolute Gasteiger partial charge is 0.0546 e. The zero-order valence-corrected chi connectivity index (χ0v) is 37.1. The van der Waals surface area contributed by atoms with Crippen molar-refractivity contribution in [3.8, 4) is 66.8 Å². The predicted molar refractivity (Wildman–Crippen MR) is 281 cm³/mol. The molecule has 0 fully saturated rings. The van der Waals surface area contributed by atoms with E-state index in [-0.39, 0.29) is 5.41 Å². The number of nitrogens with zero attached hydrogens (tertiary/aromatic N) is 1. The maximum absolute atomic E-state index is 2.47. The van der Waals surface area contributed by atoms with Gasteiger partial charge in [0.25, 0.3) is 0 Å². The van der Waals surface area contributed by atoms with Gasteiger partial charge in [-0.2, -0.15) is 0 Å². The maximum Gasteiger partial charge on any atom is 0.0546 e. The molecule has 0 spiro atoms. The summed E-state index contributed by atoms with van der Waals surface area (Å²) in [4.78, 5) is 2.47. The second-order valence-electron chi connectivity index (χ2n) is 18.1. The Bertz CT molecular complexity index is 3600. The van der Waals surface area contributed by atoms with Crippen molar-refractivity contribution in [2.45, 2.75) is 19.3 Å². The molecule has 0 saturated carbocycles. The lowest BCUT2D eigenvalue weighted by Gasteiger charge is -2.30. The second kappa shape index (κ2) is 16.1. The van der Waals surface area contributed by atoms with E-state index in [1.807, 2.05) is 0 Å². The van der Waals surface area contributed by atoms with Crippen molar-refractivity contribution in [2.75, 3.05) is 4.90 Å². The fraction of sp³-hybridized carbons (Fsp3) is 0.0462. The average molecular weight is 842 g/mol. The summed E-state index contributed by atoms with van der Waals surface area (Å²) in [6.45, 7) is 4.72. The van der Waals surface area contributed by atoms with E-state index in [1.165, 1.54) is 99.4 Å². The first-order chi connectivity index (χ1) is 32.5. The molecule has 0 heterocycles. The average Bonchev–Trinajstić information content (AvgIpc) is 3.62. The van der Waals surface area contributed by atoms with Crippen LogP contribution in [-0.4, -0.2) is 0 Å². The monoisotopic (exact) mass is 841 g/mol. The van der Waals surface area contributed by atoms with Crippen LogP contribution in [0.2, 0.25) is 0 Å². The maximum atomic E-state index is 2.47. The van der Waals surface area contributed by atoms with Crippen molar-refractivity contribution in [1.82, 2.24) is 0 Å². The van der Waals surface area contributed by atoms with Crippen molar-refractivity contribution in [1.29, 1.82) is 0 Å². The Morgan fingerprint density at radius 3 is 1.64 bits per heavy atom. The molecule has 1 aliphatic carbocycles. The second-order valence-corrected chi connectivity index (χ2v) is 18.1. The van der Waals surface area contributed by atoms with Crippen molar-refractivity contribution in [3.63, 3.8) is 0 Å². The van der Waals surface area contributed by atoms with E-state index in [1.54, 1.807) is 0 Å². The zero-order chi connectivity index (χ0) is 44.2. The Morgan fingerprint density at radius 1 is 0.288 bits per heavy atom. The molecule has 0 saturated heterocycles. The topological polar surface area (TPSA) is 3.24 Å². The van der Waals surface area contributed by atoms with Crippen molar-refractivity contribution < 1.29 is 0 Å². The van der Waals surface area contributed by atoms with Crippen LogP contribution >= 0.6 is 0 Å². The first-order valence-electron chi connectivity index (χ1n) is 23.0. The van der Waals surface area contributed by atoms with E-state index < -0.39 is 0 Å². The largest absolute Gasteiger partial charge is 0.310 e. The van der Waals surface area contributed by atoms with Gasteiger partial charge in [-0.25, -0.2) is 0 Å². The van der Waals surface area contributed by atoms with Gasteiger partial charge in [-0.1, -0.05) is 220 Å². The molecule has 312 valence electrons. The molecular weight excluding hydrogens is 795 g/mol. The van der Waals surface area contributed by atoms with Crippen LogP contribution in [0.1, 0.15) is 25.0 Å². The summed E-state index contributed by atoms with van der Waals surface area (Å²) in [5.41, 5.74) is 20.5. The van der Waals surface area contributed by atoms with Crippen LogP contribution < -0.4 is 4.90 Å². The molecule has 0 aromatic heterocycles. The van der Waals surface area contributed by atoms with Crippen LogP contribution in [0, 0.1) is 0 Å². The SMILES string of the molecule is CC1(C)c2ccccc2-c2ccc(-c3cccc(N(c4ccc(-c5ccc6c(ccc7ccccc76)c5)cc4)c4cccc(-c5ccccc5)c4-c4ccccc4-c4ccccc4)c3)cc21. The van der Waals surface area contributed by atoms with E-state index in [0.717, 1.165) is 17.1 Å². The molecule has 0 N–H and O–H groups in total. The lowest BCUT2D eigenvalue weighted by Crippen LogP contribution is -2.15. The summed E-state index contributed by atoms with van der Waals surface area (Å²) in [5, 5.41) is 5.06. The van der Waals surface area contributed by atoms with Gasteiger partial charge in [0.15, 0.2) is 0 Å². The molecule has 11 aromatic carbocycles. The minimum Gasteiger partial charge on any atom is -0.310 e. The Balaban J connectivity index is 1.05. The third-order valence-electron chi connectivity index (χ3n) is 13.9. The van der Waals surface area contributed by atoms with Gasteiger partial charge < -0.3 is 4.90 Å². The Labute approximate surface area is 387 Å². The van der Waals surface area contributed by atoms with Crippen LogP contribution in [0.15, 0.2) is 249 Å². The molecule has 0 bridgehead atoms. The summed E-state index contributed by atoms with van der Waals surface area (Å²) >= 11 is 0. The Hall–Kier alpha value is -8.26. The van der Waals surface area contributed by atoms with Crippen LogP contribution in [0.5, 0.6) is 0 Å². The quantitative estimate of drug-likeness (QED) is 0.138. The van der Waals surface area contributed by atoms with Crippen LogP contribution in [0.25, 0.3) is 88.3 Å². The van der Waals surface area contributed by atoms with Crippen molar-refractivity contribution >= 4 is 38.6 Å². The minimum absolute atomic E-state index is 0.0922. The first kappa shape index (κ1) is 39.3. The van der Waals surface area contributed by atoms with Gasteiger partial charge in [-0.05, 0) is 136 Å². The van der Waals surface area contributed by atoms with E-state index in [9.17, 15) is 0 Å². The van der Waals surface area contributed by atoms with Gasteiger partial charge in [0, 0.05) is 22.4 Å². The van der Waals surface area contributed by atoms with Gasteiger partial charge in [0.1, 0.15) is 0 Å². The highest BCUT2D eigenvalue weighted by molar-refractivity contribution is 6.08. The van der Waals surface area contributed by atoms with E-state index >= 15 is 0 Å². The standard InChI is InChI=1S/C65H47N/c1-65(2)61-29-14-13-26-58(61)59-40-36-50(43-62(59)65)48-22-15-23-53(42-48)66(52-37-33-44(34-38-52)49-35-39-56-51(41-49)32-31-47-21-9-10-24-54(47)56)63-30-16-28-57(46-19-7-4-8-20-46)64(63)60-27-12-11-25-55(60)45-17-5-3-6-18-45/h3-43H,1-2H3. The number of anilines is 3. The van der Waals surface area contributed by atoms with Crippen molar-refractivity contribution in [2.24, 2.45) is 0 Å². The molecule has 66 heavy (non-hydrogen) atoms. The lowest BCUT2D eigenvalue weighted by atomic mass is 9.81. The summed E-state index contributed by atoms with van der Waals surface area (Å²) in [7, 11) is 0. The summed E-state index contributed by atoms with van der Waals surface area (Å²) in [6.07, 6.45) is 0. The highest BCUT2D eigenvalue weighted by Crippen LogP contribution is 2.51. The van der Waals surface area contributed by atoms with Crippen LogP contribution in [-0.2, 0) is 5.41 Å². The molecule has 0 unspecified atom stereocenters. The molecule has 0 radical (unpaired) electrons. The van der Waals surface area contributed by atoms with E-state index in [2.05, 4.69) is 267 Å². The first-order valence-corrected chi connectivity index (χ1v) is 23.0. The molecule has 0 atom stereocenters. The van der Waals surface area contributed by atoms with Gasteiger partial charge in [0.2, 0.25) is 0 Å². The number of rotatable bonds is 8. The van der Waals surface area contributed by atoms with Crippen LogP contribution in [0.4, 0.5) is 17.1 Å². The fourth-order valence-corrected chi connectivity index (χ4v) is 10.6. The van der Waals surface area contributed by atoms with E-state index in [0.29, 0.717) is 0 Å². The molecule has 12 rings (SSSR count). The van der Waals surface area contributed by atoms with Gasteiger partial charge in [0.05, 0.1) is 5.69 Å². The molecule has 0 aliphatic heterocycles. The minimum atomic E-state index is -0.0922. The number of benzene rings is 11. The Kier molecular flexibility index (Phi) is 9.58. The van der Waals surface area contributed by atoms with Gasteiger partial charge >= 0.3 is 0 Å². The third-order valence-corrected chi connectivity index (χ3v) is 13.9. The predicted octanol–water partition coefficient (Wildman–Crippen LogP) is 18.1. The molecule has 1 heteroatoms. The summed E-state index contributed by atoms with van der Waals surface area (Å²) in [5.74, 6) is 0. The molecule has 11 aromatic rings. The fourth-order valence-electron chi connectivity index (χ4n) is 10.6. The molecule has 0 amide bonds. The van der Waals surface area contributed by atoms with E-state index in [4.69, 9.17) is 0 Å². The molecule has 1 nitrogen and oxygen atoms in total. The Morgan fingerprint density at radius 2 is 0.833 bits per heavy atom. The molecule has 1 aliphatic rings. The number of hydrogen-bond donors (Lipinski definition) is 0. The zero-order valence-electron chi connectivity index (χ0n) is 37.1. The summed E-state index contributed by atoms with van der Waals surface area (Å²) < 4.78 is 0. The van der Waals surface area contributed by atoms with Gasteiger partial charge in [-0.15, -0.1) is 0 Å².